The first kappa shape index (κ1) is 17.7. The van der Waals surface area contributed by atoms with Crippen LogP contribution in [0.4, 0.5) is 0 Å². The first-order valence-electron chi connectivity index (χ1n) is 8.29. The minimum atomic E-state index is -0.570. The lowest BCUT2D eigenvalue weighted by Crippen LogP contribution is -2.41. The Morgan fingerprint density at radius 3 is 2.62 bits per heavy atom. The molecule has 26 heavy (non-hydrogen) atoms. The van der Waals surface area contributed by atoms with Gasteiger partial charge < -0.3 is 19.3 Å². The maximum Gasteiger partial charge on any atom is 0.180 e. The number of nitrogens with zero attached hydrogens (tertiary/aromatic N) is 2. The minimum absolute atomic E-state index is 0.0618. The van der Waals surface area contributed by atoms with Crippen molar-refractivity contribution in [1.82, 2.24) is 8.75 Å². The number of hydrogen-bond acceptors (Lipinski definition) is 8. The van der Waals surface area contributed by atoms with Gasteiger partial charge in [0, 0.05) is 17.6 Å². The lowest BCUT2D eigenvalue weighted by atomic mass is 9.92. The van der Waals surface area contributed by atoms with Gasteiger partial charge in [-0.15, -0.1) is 11.3 Å². The Morgan fingerprint density at radius 2 is 1.88 bits per heavy atom. The van der Waals surface area contributed by atoms with E-state index >= 15 is 0 Å². The Labute approximate surface area is 159 Å². The fraction of sp³-hybridized carbons (Fsp3) is 0.444. The summed E-state index contributed by atoms with van der Waals surface area (Å²) in [6, 6.07) is 4.12. The van der Waals surface area contributed by atoms with Gasteiger partial charge >= 0.3 is 0 Å². The molecule has 0 fully saturated rings. The fourth-order valence-electron chi connectivity index (χ4n) is 3.18. The fourth-order valence-corrected chi connectivity index (χ4v) is 4.87. The molecule has 0 saturated heterocycles. The van der Waals surface area contributed by atoms with E-state index in [0.717, 1.165) is 43.4 Å². The Bertz CT molecular complexity index is 952. The largest absolute Gasteiger partial charge is 0.488 e. The zero-order valence-electron chi connectivity index (χ0n) is 14.9. The number of hydrogen-bond donors (Lipinski definition) is 1. The monoisotopic (exact) mass is 392 g/mol. The van der Waals surface area contributed by atoms with Crippen molar-refractivity contribution in [2.45, 2.75) is 13.8 Å². The maximum atomic E-state index is 9.86. The van der Waals surface area contributed by atoms with E-state index < -0.39 is 5.41 Å². The second kappa shape index (κ2) is 6.77. The molecule has 1 unspecified atom stereocenters. The van der Waals surface area contributed by atoms with Crippen LogP contribution in [0.5, 0.6) is 11.5 Å². The Kier molecular flexibility index (Phi) is 4.60. The number of ether oxygens (including phenoxy) is 3. The van der Waals surface area contributed by atoms with E-state index in [9.17, 15) is 5.11 Å². The van der Waals surface area contributed by atoms with Crippen LogP contribution in [0.2, 0.25) is 0 Å². The van der Waals surface area contributed by atoms with Gasteiger partial charge in [-0.05, 0) is 19.4 Å². The Balaban J connectivity index is 1.80. The lowest BCUT2D eigenvalue weighted by Gasteiger charge is -2.27. The van der Waals surface area contributed by atoms with Crippen LogP contribution >= 0.6 is 23.1 Å². The van der Waals surface area contributed by atoms with E-state index in [2.05, 4.69) is 20.9 Å². The van der Waals surface area contributed by atoms with Gasteiger partial charge in [0.2, 0.25) is 0 Å². The van der Waals surface area contributed by atoms with Gasteiger partial charge in [-0.25, -0.2) is 0 Å². The highest BCUT2D eigenvalue weighted by atomic mass is 32.1. The van der Waals surface area contributed by atoms with Crippen molar-refractivity contribution in [3.63, 3.8) is 0 Å². The molecule has 1 aliphatic heterocycles. The topological polar surface area (TPSA) is 73.7 Å². The van der Waals surface area contributed by atoms with Crippen LogP contribution in [0, 0.1) is 19.3 Å². The van der Waals surface area contributed by atoms with Gasteiger partial charge in [-0.2, -0.15) is 8.75 Å². The van der Waals surface area contributed by atoms with Crippen molar-refractivity contribution in [2.24, 2.45) is 5.41 Å². The summed E-state index contributed by atoms with van der Waals surface area (Å²) in [5, 5.41) is 9.86. The van der Waals surface area contributed by atoms with Crippen LogP contribution in [0.3, 0.4) is 0 Å². The average Bonchev–Trinajstić information content (AvgIpc) is 3.19. The van der Waals surface area contributed by atoms with E-state index in [-0.39, 0.29) is 6.61 Å². The van der Waals surface area contributed by atoms with Gasteiger partial charge in [0.05, 0.1) is 35.2 Å². The molecule has 3 aromatic rings. The second-order valence-corrected chi connectivity index (χ2v) is 8.46. The zero-order valence-corrected chi connectivity index (χ0v) is 16.5. The molecule has 4 rings (SSSR count). The number of aromatic nitrogens is 2. The Hall–Kier alpha value is -1.74. The molecule has 0 radical (unpaired) electrons. The van der Waals surface area contributed by atoms with Crippen LogP contribution in [0.1, 0.15) is 10.4 Å². The van der Waals surface area contributed by atoms with Crippen LogP contribution in [-0.2, 0) is 4.74 Å². The molecule has 0 aliphatic carbocycles. The number of thiophene rings is 1. The van der Waals surface area contributed by atoms with Gasteiger partial charge in [0.25, 0.3) is 0 Å². The summed E-state index contributed by atoms with van der Waals surface area (Å²) in [6.45, 7) is 5.04. The molecular weight excluding hydrogens is 372 g/mol. The van der Waals surface area contributed by atoms with E-state index in [1.54, 1.807) is 18.4 Å². The molecule has 138 valence electrons. The van der Waals surface area contributed by atoms with E-state index in [1.165, 1.54) is 11.7 Å². The van der Waals surface area contributed by atoms with Crippen LogP contribution in [-0.4, -0.2) is 47.4 Å². The lowest BCUT2D eigenvalue weighted by molar-refractivity contribution is -0.0227. The predicted molar refractivity (Wildman–Crippen MR) is 103 cm³/mol. The second-order valence-electron chi connectivity index (χ2n) is 6.71. The van der Waals surface area contributed by atoms with Crippen molar-refractivity contribution in [1.29, 1.82) is 0 Å². The third kappa shape index (κ3) is 2.77. The summed E-state index contributed by atoms with van der Waals surface area (Å²) in [5.74, 6) is 1.46. The quantitative estimate of drug-likeness (QED) is 0.733. The zero-order chi connectivity index (χ0) is 18.3. The summed E-state index contributed by atoms with van der Waals surface area (Å²) in [6.07, 6.45) is 0. The molecule has 1 N–H and O–H groups in total. The molecule has 0 spiro atoms. The first-order valence-corrected chi connectivity index (χ1v) is 9.84. The molecule has 0 bridgehead atoms. The van der Waals surface area contributed by atoms with Crippen LogP contribution in [0.15, 0.2) is 12.1 Å². The molecule has 8 heteroatoms. The van der Waals surface area contributed by atoms with Crippen LogP contribution in [0.25, 0.3) is 21.5 Å². The van der Waals surface area contributed by atoms with Crippen LogP contribution < -0.4 is 9.47 Å². The van der Waals surface area contributed by atoms with Crippen molar-refractivity contribution in [2.75, 3.05) is 33.5 Å². The number of aryl methyl sites for hydroxylation is 2. The molecular formula is C18H20N2O4S2. The van der Waals surface area contributed by atoms with Gasteiger partial charge in [-0.1, -0.05) is 12.1 Å². The summed E-state index contributed by atoms with van der Waals surface area (Å²) in [5.41, 5.74) is 3.34. The van der Waals surface area contributed by atoms with Gasteiger partial charge in [0.1, 0.15) is 24.2 Å². The molecule has 3 heterocycles. The molecule has 2 aromatic heterocycles. The summed E-state index contributed by atoms with van der Waals surface area (Å²) in [7, 11) is 1.62. The SMILES string of the molecule is COCC1(CO)COc2c(C)sc(-c3ccc(C)c4nsnc34)c2OC1. The highest BCUT2D eigenvalue weighted by molar-refractivity contribution is 7.16. The third-order valence-corrected chi connectivity index (χ3v) is 6.31. The molecule has 6 nitrogen and oxygen atoms in total. The van der Waals surface area contributed by atoms with E-state index in [0.29, 0.717) is 19.8 Å². The van der Waals surface area contributed by atoms with Crippen molar-refractivity contribution in [3.8, 4) is 21.9 Å². The van der Waals surface area contributed by atoms with Gasteiger partial charge in [0.15, 0.2) is 11.5 Å². The maximum absolute atomic E-state index is 9.86. The molecule has 1 atom stereocenters. The van der Waals surface area contributed by atoms with Crippen molar-refractivity contribution >= 4 is 34.1 Å². The minimum Gasteiger partial charge on any atom is -0.488 e. The van der Waals surface area contributed by atoms with Crippen molar-refractivity contribution < 1.29 is 19.3 Å². The molecule has 0 saturated carbocycles. The number of fused-ring (bicyclic) bond motifs is 2. The third-order valence-electron chi connectivity index (χ3n) is 4.68. The number of methoxy groups -OCH3 is 1. The summed E-state index contributed by atoms with van der Waals surface area (Å²) < 4.78 is 26.4. The standard InChI is InChI=1S/C18H20N2O4S2/c1-10-4-5-12(14-13(10)19-26-20-14)17-16-15(11(2)25-17)23-8-18(6-21,7-22-3)9-24-16/h4-5,21H,6-9H2,1-3H3. The number of benzene rings is 1. The predicted octanol–water partition coefficient (Wildman–Crippen LogP) is 3.43. The number of aliphatic hydroxyl groups is 1. The summed E-state index contributed by atoms with van der Waals surface area (Å²) >= 11 is 2.85. The van der Waals surface area contributed by atoms with Gasteiger partial charge in [-0.3, -0.25) is 0 Å². The number of rotatable bonds is 4. The normalized spacial score (nSPS) is 19.7. The van der Waals surface area contributed by atoms with E-state index in [1.807, 2.05) is 13.8 Å². The highest BCUT2D eigenvalue weighted by Crippen LogP contribution is 2.51. The molecule has 1 aliphatic rings. The highest BCUT2D eigenvalue weighted by Gasteiger charge is 2.37. The smallest absolute Gasteiger partial charge is 0.180 e. The summed E-state index contributed by atoms with van der Waals surface area (Å²) in [4.78, 5) is 2.03. The number of aliphatic hydroxyl groups excluding tert-OH is 1. The molecule has 1 aromatic carbocycles. The van der Waals surface area contributed by atoms with E-state index in [4.69, 9.17) is 14.2 Å². The average molecular weight is 393 g/mol. The van der Waals surface area contributed by atoms with Crippen molar-refractivity contribution in [3.05, 3.63) is 22.6 Å². The first-order chi connectivity index (χ1) is 12.6. The molecule has 0 amide bonds. The Morgan fingerprint density at radius 1 is 1.15 bits per heavy atom.